The van der Waals surface area contributed by atoms with Gasteiger partial charge in [-0.15, -0.1) is 0 Å². The zero-order valence-corrected chi connectivity index (χ0v) is 17.0. The number of carbonyl (C=O) groups is 1. The van der Waals surface area contributed by atoms with Crippen molar-refractivity contribution in [2.75, 3.05) is 26.9 Å². The number of amides is 1. The zero-order valence-electron chi connectivity index (χ0n) is 17.0. The van der Waals surface area contributed by atoms with Crippen molar-refractivity contribution >= 4 is 5.91 Å². The summed E-state index contributed by atoms with van der Waals surface area (Å²) >= 11 is 0. The van der Waals surface area contributed by atoms with Crippen molar-refractivity contribution in [3.05, 3.63) is 54.1 Å². The predicted octanol–water partition coefficient (Wildman–Crippen LogP) is 3.48. The number of morpholine rings is 1. The second-order valence-electron chi connectivity index (χ2n) is 7.44. The Morgan fingerprint density at radius 2 is 1.96 bits per heavy atom. The molecule has 28 heavy (non-hydrogen) atoms. The lowest BCUT2D eigenvalue weighted by molar-refractivity contribution is -0.134. The second-order valence-corrected chi connectivity index (χ2v) is 7.44. The number of hydrogen-bond donors (Lipinski definition) is 1. The number of carbonyl (C=O) groups excluding carboxylic acids is 1. The molecule has 1 amide bonds. The lowest BCUT2D eigenvalue weighted by Gasteiger charge is -2.30. The molecule has 2 aromatic carbocycles. The molecule has 1 N–H and O–H groups in total. The van der Waals surface area contributed by atoms with E-state index in [-0.39, 0.29) is 18.0 Å². The number of nitrogens with zero attached hydrogens (tertiary/aromatic N) is 1. The van der Waals surface area contributed by atoms with E-state index in [0.29, 0.717) is 19.6 Å². The first-order valence-corrected chi connectivity index (χ1v) is 9.91. The molecule has 0 saturated carbocycles. The quantitative estimate of drug-likeness (QED) is 0.797. The van der Waals surface area contributed by atoms with Crippen LogP contribution in [0.15, 0.2) is 48.5 Å². The number of ether oxygens (including phenoxy) is 2. The molecule has 1 heterocycles. The van der Waals surface area contributed by atoms with Crippen molar-refractivity contribution in [1.29, 1.82) is 0 Å². The standard InChI is InChI=1S/C23H30N2O3/c1-17(2)25(23(26)14-20-16-28-13-12-24-20)15-18-8-10-19(11-9-18)21-6-4-5-7-22(21)27-3/h4-11,17,20,24H,12-16H2,1-3H3. The summed E-state index contributed by atoms with van der Waals surface area (Å²) in [6.07, 6.45) is 0.470. The first-order chi connectivity index (χ1) is 13.6. The highest BCUT2D eigenvalue weighted by Crippen LogP contribution is 2.29. The van der Waals surface area contributed by atoms with Crippen LogP contribution < -0.4 is 10.1 Å². The van der Waals surface area contributed by atoms with Crippen LogP contribution in [0.5, 0.6) is 5.75 Å². The maximum Gasteiger partial charge on any atom is 0.224 e. The molecule has 1 aliphatic rings. The molecule has 1 atom stereocenters. The minimum absolute atomic E-state index is 0.107. The summed E-state index contributed by atoms with van der Waals surface area (Å²) in [6.45, 7) is 6.86. The van der Waals surface area contributed by atoms with Gasteiger partial charge in [-0.05, 0) is 31.0 Å². The van der Waals surface area contributed by atoms with Crippen LogP contribution in [0.25, 0.3) is 11.1 Å². The Labute approximate surface area is 167 Å². The summed E-state index contributed by atoms with van der Waals surface area (Å²) in [4.78, 5) is 14.8. The van der Waals surface area contributed by atoms with Gasteiger partial charge >= 0.3 is 0 Å². The van der Waals surface area contributed by atoms with Crippen LogP contribution in [-0.4, -0.2) is 49.8 Å². The Kier molecular flexibility index (Phi) is 7.06. The van der Waals surface area contributed by atoms with Crippen LogP contribution in [0, 0.1) is 0 Å². The third kappa shape index (κ3) is 5.12. The number of rotatable bonds is 7. The average Bonchev–Trinajstić information content (AvgIpc) is 2.73. The Balaban J connectivity index is 1.68. The molecule has 1 fully saturated rings. The van der Waals surface area contributed by atoms with Crippen LogP contribution in [-0.2, 0) is 16.1 Å². The molecule has 1 saturated heterocycles. The van der Waals surface area contributed by atoms with Crippen molar-refractivity contribution < 1.29 is 14.3 Å². The summed E-state index contributed by atoms with van der Waals surface area (Å²) in [5.74, 6) is 1.02. The second kappa shape index (κ2) is 9.71. The maximum absolute atomic E-state index is 12.8. The van der Waals surface area contributed by atoms with Crippen LogP contribution in [0.3, 0.4) is 0 Å². The van der Waals surface area contributed by atoms with Crippen LogP contribution >= 0.6 is 0 Å². The lowest BCUT2D eigenvalue weighted by Crippen LogP contribution is -2.46. The monoisotopic (exact) mass is 382 g/mol. The van der Waals surface area contributed by atoms with E-state index >= 15 is 0 Å². The molecule has 3 rings (SSSR count). The highest BCUT2D eigenvalue weighted by atomic mass is 16.5. The fourth-order valence-electron chi connectivity index (χ4n) is 3.51. The minimum atomic E-state index is 0.107. The van der Waals surface area contributed by atoms with Gasteiger partial charge in [-0.2, -0.15) is 0 Å². The van der Waals surface area contributed by atoms with Crippen LogP contribution in [0.4, 0.5) is 0 Å². The normalized spacial score (nSPS) is 16.8. The molecule has 5 heteroatoms. The van der Waals surface area contributed by atoms with Gasteiger partial charge in [-0.3, -0.25) is 4.79 Å². The molecule has 1 unspecified atom stereocenters. The summed E-state index contributed by atoms with van der Waals surface area (Å²) in [5.41, 5.74) is 3.29. The topological polar surface area (TPSA) is 50.8 Å². The van der Waals surface area contributed by atoms with E-state index in [2.05, 4.69) is 49.5 Å². The predicted molar refractivity (Wildman–Crippen MR) is 111 cm³/mol. The molecule has 1 aliphatic heterocycles. The Hall–Kier alpha value is -2.37. The van der Waals surface area contributed by atoms with Gasteiger partial charge < -0.3 is 19.7 Å². The van der Waals surface area contributed by atoms with Crippen molar-refractivity contribution in [1.82, 2.24) is 10.2 Å². The molecule has 0 aliphatic carbocycles. The molecule has 0 spiro atoms. The molecular formula is C23H30N2O3. The van der Waals surface area contributed by atoms with E-state index in [1.165, 1.54) is 0 Å². The number of nitrogens with one attached hydrogen (secondary N) is 1. The fourth-order valence-corrected chi connectivity index (χ4v) is 3.51. The summed E-state index contributed by atoms with van der Waals surface area (Å²) in [7, 11) is 1.69. The van der Waals surface area contributed by atoms with E-state index in [9.17, 15) is 4.79 Å². The van der Waals surface area contributed by atoms with Gasteiger partial charge in [0.05, 0.1) is 20.3 Å². The fraction of sp³-hybridized carbons (Fsp3) is 0.435. The first-order valence-electron chi connectivity index (χ1n) is 9.91. The van der Waals surface area contributed by atoms with E-state index < -0.39 is 0 Å². The van der Waals surface area contributed by atoms with Crippen LogP contribution in [0.1, 0.15) is 25.8 Å². The Morgan fingerprint density at radius 1 is 1.21 bits per heavy atom. The van der Waals surface area contributed by atoms with Crippen LogP contribution in [0.2, 0.25) is 0 Å². The van der Waals surface area contributed by atoms with Gasteiger partial charge in [0.15, 0.2) is 0 Å². The van der Waals surface area contributed by atoms with E-state index in [0.717, 1.165) is 35.6 Å². The van der Waals surface area contributed by atoms with Crippen molar-refractivity contribution in [2.45, 2.75) is 38.9 Å². The largest absolute Gasteiger partial charge is 0.496 e. The van der Waals surface area contributed by atoms with Crippen molar-refractivity contribution in [3.63, 3.8) is 0 Å². The third-order valence-electron chi connectivity index (χ3n) is 5.09. The van der Waals surface area contributed by atoms with Gasteiger partial charge in [0.1, 0.15) is 5.75 Å². The summed E-state index contributed by atoms with van der Waals surface area (Å²) < 4.78 is 10.9. The number of para-hydroxylation sites is 1. The van der Waals surface area contributed by atoms with Crippen molar-refractivity contribution in [3.8, 4) is 16.9 Å². The number of hydrogen-bond acceptors (Lipinski definition) is 4. The smallest absolute Gasteiger partial charge is 0.224 e. The van der Waals surface area contributed by atoms with Crippen molar-refractivity contribution in [2.24, 2.45) is 0 Å². The number of methoxy groups -OCH3 is 1. The Bertz CT molecular complexity index is 768. The van der Waals surface area contributed by atoms with Gasteiger partial charge in [0.2, 0.25) is 5.91 Å². The third-order valence-corrected chi connectivity index (χ3v) is 5.09. The number of benzene rings is 2. The maximum atomic E-state index is 12.8. The Morgan fingerprint density at radius 3 is 2.61 bits per heavy atom. The molecule has 2 aromatic rings. The average molecular weight is 383 g/mol. The highest BCUT2D eigenvalue weighted by molar-refractivity contribution is 5.77. The lowest BCUT2D eigenvalue weighted by atomic mass is 10.0. The zero-order chi connectivity index (χ0) is 19.9. The highest BCUT2D eigenvalue weighted by Gasteiger charge is 2.23. The molecular weight excluding hydrogens is 352 g/mol. The van der Waals surface area contributed by atoms with Gasteiger partial charge in [0, 0.05) is 37.2 Å². The van der Waals surface area contributed by atoms with Gasteiger partial charge in [-0.1, -0.05) is 42.5 Å². The van der Waals surface area contributed by atoms with Gasteiger partial charge in [-0.25, -0.2) is 0 Å². The minimum Gasteiger partial charge on any atom is -0.496 e. The first kappa shape index (κ1) is 20.4. The molecule has 5 nitrogen and oxygen atoms in total. The molecule has 0 bridgehead atoms. The SMILES string of the molecule is COc1ccccc1-c1ccc(CN(C(=O)CC2COCCN2)C(C)C)cc1. The summed E-state index contributed by atoms with van der Waals surface area (Å²) in [6, 6.07) is 16.6. The van der Waals surface area contributed by atoms with E-state index in [1.807, 2.05) is 23.1 Å². The molecule has 150 valence electrons. The molecule has 0 aromatic heterocycles. The van der Waals surface area contributed by atoms with E-state index in [4.69, 9.17) is 9.47 Å². The molecule has 0 radical (unpaired) electrons. The summed E-state index contributed by atoms with van der Waals surface area (Å²) in [5, 5.41) is 3.36. The van der Waals surface area contributed by atoms with E-state index in [1.54, 1.807) is 7.11 Å². The van der Waals surface area contributed by atoms with Gasteiger partial charge in [0.25, 0.3) is 0 Å².